The van der Waals surface area contributed by atoms with Gasteiger partial charge in [-0.15, -0.1) is 0 Å². The molecule has 0 amide bonds. The van der Waals surface area contributed by atoms with Crippen LogP contribution in [0, 0.1) is 0 Å². The lowest BCUT2D eigenvalue weighted by molar-refractivity contribution is 0.297. The molecule has 22 heavy (non-hydrogen) atoms. The summed E-state index contributed by atoms with van der Waals surface area (Å²) in [6.45, 7) is 3.91. The first kappa shape index (κ1) is 18.3. The number of guanidine groups is 1. The van der Waals surface area contributed by atoms with E-state index in [0.29, 0.717) is 0 Å². The molecule has 0 aliphatic rings. The molecule has 0 heterocycles. The van der Waals surface area contributed by atoms with Crippen LogP contribution in [0.4, 0.5) is 0 Å². The third kappa shape index (κ3) is 5.93. The molecule has 1 rings (SSSR count). The van der Waals surface area contributed by atoms with Gasteiger partial charge in [0, 0.05) is 20.1 Å². The van der Waals surface area contributed by atoms with Gasteiger partial charge in [-0.1, -0.05) is 25.5 Å². The predicted molar refractivity (Wildman–Crippen MR) is 93.7 cm³/mol. The minimum absolute atomic E-state index is 0.250. The van der Waals surface area contributed by atoms with Crippen molar-refractivity contribution in [3.8, 4) is 5.75 Å². The van der Waals surface area contributed by atoms with Gasteiger partial charge in [0.2, 0.25) is 0 Å². The van der Waals surface area contributed by atoms with Gasteiger partial charge in [0.1, 0.15) is 5.75 Å². The smallest absolute Gasteiger partial charge is 0.191 e. The summed E-state index contributed by atoms with van der Waals surface area (Å²) in [5.41, 5.74) is 1.22. The lowest BCUT2D eigenvalue weighted by Gasteiger charge is -2.26. The Morgan fingerprint density at radius 2 is 2.09 bits per heavy atom. The van der Waals surface area contributed by atoms with E-state index in [1.54, 1.807) is 14.2 Å². The maximum atomic E-state index is 5.32. The molecule has 0 fully saturated rings. The quantitative estimate of drug-likeness (QED) is 0.439. The zero-order chi connectivity index (χ0) is 16.4. The molecule has 1 atom stereocenters. The van der Waals surface area contributed by atoms with E-state index in [1.165, 1.54) is 12.0 Å². The Morgan fingerprint density at radius 3 is 2.68 bits per heavy atom. The Balaban J connectivity index is 2.67. The minimum Gasteiger partial charge on any atom is -0.497 e. The number of unbranched alkanes of at least 4 members (excludes halogenated alkanes) is 1. The van der Waals surface area contributed by atoms with Crippen LogP contribution in [0.25, 0.3) is 0 Å². The van der Waals surface area contributed by atoms with E-state index in [9.17, 15) is 0 Å². The van der Waals surface area contributed by atoms with Gasteiger partial charge in [0.25, 0.3) is 0 Å². The van der Waals surface area contributed by atoms with Crippen LogP contribution in [0.1, 0.15) is 31.4 Å². The van der Waals surface area contributed by atoms with Gasteiger partial charge in [-0.2, -0.15) is 0 Å². The van der Waals surface area contributed by atoms with Crippen LogP contribution in [0.5, 0.6) is 5.75 Å². The van der Waals surface area contributed by atoms with Crippen LogP contribution >= 0.6 is 0 Å². The van der Waals surface area contributed by atoms with Crippen LogP contribution in [0.15, 0.2) is 29.3 Å². The van der Waals surface area contributed by atoms with E-state index in [2.05, 4.69) is 53.7 Å². The number of aliphatic imine (C=N–C) groups is 1. The first-order valence-electron chi connectivity index (χ1n) is 7.87. The number of nitrogens with one attached hydrogen (secondary N) is 2. The van der Waals surface area contributed by atoms with E-state index in [1.807, 2.05) is 12.1 Å². The first-order chi connectivity index (χ1) is 10.6. The van der Waals surface area contributed by atoms with Crippen molar-refractivity contribution in [2.45, 2.75) is 25.8 Å². The van der Waals surface area contributed by atoms with Crippen molar-refractivity contribution in [3.05, 3.63) is 29.8 Å². The molecule has 0 aliphatic carbocycles. The maximum Gasteiger partial charge on any atom is 0.191 e. The monoisotopic (exact) mass is 306 g/mol. The van der Waals surface area contributed by atoms with Gasteiger partial charge in [-0.3, -0.25) is 4.99 Å². The lowest BCUT2D eigenvalue weighted by atomic mass is 10.1. The van der Waals surface area contributed by atoms with Crippen molar-refractivity contribution >= 4 is 5.96 Å². The van der Waals surface area contributed by atoms with Crippen molar-refractivity contribution in [1.29, 1.82) is 0 Å². The summed E-state index contributed by atoms with van der Waals surface area (Å²) in [6, 6.07) is 8.45. The fourth-order valence-electron chi connectivity index (χ4n) is 2.24. The molecule has 1 aromatic rings. The van der Waals surface area contributed by atoms with E-state index >= 15 is 0 Å². The summed E-state index contributed by atoms with van der Waals surface area (Å²) in [6.07, 6.45) is 2.32. The Morgan fingerprint density at radius 1 is 1.32 bits per heavy atom. The molecule has 0 aliphatic heterocycles. The summed E-state index contributed by atoms with van der Waals surface area (Å²) < 4.78 is 5.32. The number of hydrogen-bond acceptors (Lipinski definition) is 3. The number of likely N-dealkylation sites (N-methyl/N-ethyl adjacent to an activating group) is 1. The molecule has 5 nitrogen and oxygen atoms in total. The second-order valence-electron chi connectivity index (χ2n) is 5.49. The lowest BCUT2D eigenvalue weighted by Crippen LogP contribution is -2.42. The molecule has 1 unspecified atom stereocenters. The molecule has 0 saturated carbocycles. The Kier molecular flexibility index (Phi) is 8.36. The number of rotatable bonds is 8. The zero-order valence-electron chi connectivity index (χ0n) is 14.5. The normalized spacial score (nSPS) is 13.1. The van der Waals surface area contributed by atoms with Gasteiger partial charge in [0.15, 0.2) is 5.96 Å². The van der Waals surface area contributed by atoms with E-state index in [-0.39, 0.29) is 6.04 Å². The largest absolute Gasteiger partial charge is 0.497 e. The molecule has 0 spiro atoms. The SMILES string of the molecule is CCCCNC(=NC)NCC(c1cccc(OC)c1)N(C)C. The number of ether oxygens (including phenoxy) is 1. The Hall–Kier alpha value is -1.75. The summed E-state index contributed by atoms with van der Waals surface area (Å²) in [5.74, 6) is 1.73. The van der Waals surface area contributed by atoms with Crippen molar-refractivity contribution in [1.82, 2.24) is 15.5 Å². The highest BCUT2D eigenvalue weighted by molar-refractivity contribution is 5.79. The van der Waals surface area contributed by atoms with Gasteiger partial charge < -0.3 is 20.3 Å². The van der Waals surface area contributed by atoms with Crippen LogP contribution in [0.3, 0.4) is 0 Å². The predicted octanol–water partition coefficient (Wildman–Crippen LogP) is 2.26. The fourth-order valence-corrected chi connectivity index (χ4v) is 2.24. The third-order valence-corrected chi connectivity index (χ3v) is 3.61. The molecule has 5 heteroatoms. The Bertz CT molecular complexity index is 460. The molecule has 0 bridgehead atoms. The van der Waals surface area contributed by atoms with E-state index in [4.69, 9.17) is 4.74 Å². The first-order valence-corrected chi connectivity index (χ1v) is 7.87. The van der Waals surface area contributed by atoms with Crippen LogP contribution in [-0.2, 0) is 0 Å². The van der Waals surface area contributed by atoms with E-state index < -0.39 is 0 Å². The molecule has 0 aromatic heterocycles. The van der Waals surface area contributed by atoms with Crippen molar-refractivity contribution < 1.29 is 4.74 Å². The summed E-state index contributed by atoms with van der Waals surface area (Å²) >= 11 is 0. The summed E-state index contributed by atoms with van der Waals surface area (Å²) in [4.78, 5) is 6.47. The highest BCUT2D eigenvalue weighted by Crippen LogP contribution is 2.21. The van der Waals surface area contributed by atoms with Crippen LogP contribution < -0.4 is 15.4 Å². The van der Waals surface area contributed by atoms with Gasteiger partial charge >= 0.3 is 0 Å². The zero-order valence-corrected chi connectivity index (χ0v) is 14.5. The molecule has 0 saturated heterocycles. The second-order valence-corrected chi connectivity index (χ2v) is 5.49. The summed E-state index contributed by atoms with van der Waals surface area (Å²) in [5, 5.41) is 6.74. The molecule has 2 N–H and O–H groups in total. The Labute approximate surface area is 134 Å². The van der Waals surface area contributed by atoms with E-state index in [0.717, 1.165) is 31.2 Å². The maximum absolute atomic E-state index is 5.32. The highest BCUT2D eigenvalue weighted by atomic mass is 16.5. The average molecular weight is 306 g/mol. The minimum atomic E-state index is 0.250. The number of methoxy groups -OCH3 is 1. The molecular formula is C17H30N4O. The standard InChI is InChI=1S/C17H30N4O/c1-6-7-11-19-17(18-2)20-13-16(21(3)4)14-9-8-10-15(12-14)22-5/h8-10,12,16H,6-7,11,13H2,1-5H3,(H2,18,19,20). The average Bonchev–Trinajstić information content (AvgIpc) is 2.53. The van der Waals surface area contributed by atoms with Crippen LogP contribution in [-0.4, -0.2) is 52.2 Å². The number of nitrogens with zero attached hydrogens (tertiary/aromatic N) is 2. The van der Waals surface area contributed by atoms with Gasteiger partial charge in [-0.05, 0) is 38.2 Å². The van der Waals surface area contributed by atoms with Gasteiger partial charge in [0.05, 0.1) is 13.2 Å². The molecule has 124 valence electrons. The number of hydrogen-bond donors (Lipinski definition) is 2. The molecule has 1 aromatic carbocycles. The van der Waals surface area contributed by atoms with Crippen molar-refractivity contribution in [3.63, 3.8) is 0 Å². The van der Waals surface area contributed by atoms with Gasteiger partial charge in [-0.25, -0.2) is 0 Å². The highest BCUT2D eigenvalue weighted by Gasteiger charge is 2.15. The van der Waals surface area contributed by atoms with Crippen LogP contribution in [0.2, 0.25) is 0 Å². The molecular weight excluding hydrogens is 276 g/mol. The van der Waals surface area contributed by atoms with Crippen molar-refractivity contribution in [2.24, 2.45) is 4.99 Å². The third-order valence-electron chi connectivity index (χ3n) is 3.61. The van der Waals surface area contributed by atoms with Crippen molar-refractivity contribution in [2.75, 3.05) is 41.3 Å². The second kappa shape index (κ2) is 10.1. The molecule has 0 radical (unpaired) electrons. The number of benzene rings is 1. The fraction of sp³-hybridized carbons (Fsp3) is 0.588. The topological polar surface area (TPSA) is 48.9 Å². The summed E-state index contributed by atoms with van der Waals surface area (Å²) in [7, 11) is 7.66.